The van der Waals surface area contributed by atoms with Crippen LogP contribution in [0, 0.1) is 0 Å². The van der Waals surface area contributed by atoms with Gasteiger partial charge < -0.3 is 5.11 Å². The molecule has 0 aromatic heterocycles. The molecule has 0 atom stereocenters. The summed E-state index contributed by atoms with van der Waals surface area (Å²) in [6.07, 6.45) is -4.91. The molecule has 11 heavy (non-hydrogen) atoms. The van der Waals surface area contributed by atoms with Crippen LogP contribution in [0.5, 0.6) is 0 Å². The molecule has 0 spiro atoms. The maximum atomic E-state index is 11.3. The maximum absolute atomic E-state index is 11.3. The number of carbonyl (C=O) groups is 1. The van der Waals surface area contributed by atoms with Crippen molar-refractivity contribution in [3.05, 3.63) is 11.8 Å². The van der Waals surface area contributed by atoms with E-state index in [9.17, 15) is 23.1 Å². The number of allylic oxidation sites excluding steroid dienone is 2. The van der Waals surface area contributed by atoms with Gasteiger partial charge in [0.2, 0.25) is 0 Å². The first kappa shape index (κ1) is 13.1. The molecular weight excluding hydrogens is 213 g/mol. The van der Waals surface area contributed by atoms with E-state index in [0.717, 1.165) is 6.92 Å². The maximum Gasteiger partial charge on any atom is 2.00 e. The summed E-state index contributed by atoms with van der Waals surface area (Å²) < 4.78 is 33.8. The Hall–Kier alpha value is -0.481. The minimum atomic E-state index is -4.92. The zero-order valence-corrected chi connectivity index (χ0v) is 6.27. The van der Waals surface area contributed by atoms with E-state index in [2.05, 4.69) is 0 Å². The van der Waals surface area contributed by atoms with E-state index in [1.165, 1.54) is 0 Å². The topological polar surface area (TPSA) is 40.1 Å². The van der Waals surface area contributed by atoms with Gasteiger partial charge in [-0.2, -0.15) is 13.2 Å². The van der Waals surface area contributed by atoms with Crippen molar-refractivity contribution in [2.24, 2.45) is 0 Å². The molecule has 0 amide bonds. The van der Waals surface area contributed by atoms with E-state index in [1.807, 2.05) is 0 Å². The van der Waals surface area contributed by atoms with Crippen LogP contribution in [0.15, 0.2) is 11.8 Å². The molecular formula is C5H4CuF3O2+. The van der Waals surface area contributed by atoms with Gasteiger partial charge in [-0.15, -0.1) is 0 Å². The van der Waals surface area contributed by atoms with Gasteiger partial charge in [0.15, 0.2) is 5.78 Å². The molecule has 0 N–H and O–H groups in total. The molecule has 0 rings (SSSR count). The zero-order valence-electron chi connectivity index (χ0n) is 5.33. The van der Waals surface area contributed by atoms with Crippen molar-refractivity contribution in [1.29, 1.82) is 0 Å². The minimum absolute atomic E-state index is 0. The Bertz CT molecular complexity index is 173. The molecule has 2 nitrogen and oxygen atoms in total. The van der Waals surface area contributed by atoms with Crippen LogP contribution in [0.4, 0.5) is 13.2 Å². The molecule has 0 saturated heterocycles. The predicted octanol–water partition coefficient (Wildman–Crippen LogP) is 0.379. The van der Waals surface area contributed by atoms with Crippen LogP contribution in [0.2, 0.25) is 0 Å². The first-order valence-corrected chi connectivity index (χ1v) is 2.30. The molecule has 0 aromatic rings. The molecule has 0 fully saturated rings. The Labute approximate surface area is 71.6 Å². The Morgan fingerprint density at radius 1 is 1.45 bits per heavy atom. The van der Waals surface area contributed by atoms with Crippen LogP contribution >= 0.6 is 0 Å². The molecule has 0 heterocycles. The second-order valence-corrected chi connectivity index (χ2v) is 1.62. The summed E-state index contributed by atoms with van der Waals surface area (Å²) in [6.45, 7) is 0.879. The number of alkyl halides is 3. The van der Waals surface area contributed by atoms with Crippen molar-refractivity contribution >= 4 is 5.78 Å². The standard InChI is InChI=1S/C5H5F3O2.Cu/c1-3(9)2-4(10)5(6,7)8;/h2,10H,1H3;/q;+2/p-1/b4-2-;. The molecule has 0 unspecified atom stereocenters. The van der Waals surface area contributed by atoms with Gasteiger partial charge >= 0.3 is 23.2 Å². The summed E-state index contributed by atoms with van der Waals surface area (Å²) in [5.74, 6) is -3.01. The Balaban J connectivity index is 0. The predicted molar refractivity (Wildman–Crippen MR) is 24.8 cm³/mol. The summed E-state index contributed by atoms with van der Waals surface area (Å²) in [7, 11) is 0. The first-order chi connectivity index (χ1) is 4.34. The van der Waals surface area contributed by atoms with Gasteiger partial charge in [-0.25, -0.2) is 0 Å². The number of halogens is 3. The molecule has 6 heteroatoms. The van der Waals surface area contributed by atoms with Crippen LogP contribution in [0.25, 0.3) is 0 Å². The third-order valence-corrected chi connectivity index (χ3v) is 0.614. The first-order valence-electron chi connectivity index (χ1n) is 2.30. The Kier molecular flexibility index (Phi) is 5.26. The van der Waals surface area contributed by atoms with E-state index in [-0.39, 0.29) is 23.1 Å². The molecule has 0 aliphatic carbocycles. The molecule has 0 aliphatic rings. The largest absolute Gasteiger partial charge is 2.00 e. The van der Waals surface area contributed by atoms with Crippen molar-refractivity contribution in [3.8, 4) is 0 Å². The van der Waals surface area contributed by atoms with Crippen molar-refractivity contribution in [3.63, 3.8) is 0 Å². The van der Waals surface area contributed by atoms with Crippen molar-refractivity contribution in [2.45, 2.75) is 13.1 Å². The summed E-state index contributed by atoms with van der Waals surface area (Å²) in [5, 5.41) is 9.87. The van der Waals surface area contributed by atoms with Gasteiger partial charge in [-0.05, 0) is 18.8 Å². The number of rotatable bonds is 1. The number of hydrogen-bond donors (Lipinski definition) is 0. The van der Waals surface area contributed by atoms with E-state index in [0.29, 0.717) is 0 Å². The van der Waals surface area contributed by atoms with Gasteiger partial charge in [-0.1, -0.05) is 0 Å². The average Bonchev–Trinajstić information content (AvgIpc) is 1.60. The Morgan fingerprint density at radius 3 is 1.91 bits per heavy atom. The van der Waals surface area contributed by atoms with E-state index in [1.54, 1.807) is 0 Å². The fraction of sp³-hybridized carbons (Fsp3) is 0.400. The third kappa shape index (κ3) is 5.94. The van der Waals surface area contributed by atoms with E-state index >= 15 is 0 Å². The fourth-order valence-corrected chi connectivity index (χ4v) is 0.266. The van der Waals surface area contributed by atoms with Crippen LogP contribution in [0.3, 0.4) is 0 Å². The molecule has 0 aromatic carbocycles. The van der Waals surface area contributed by atoms with Gasteiger partial charge in [-0.3, -0.25) is 4.79 Å². The number of hydrogen-bond acceptors (Lipinski definition) is 2. The molecule has 67 valence electrons. The van der Waals surface area contributed by atoms with Crippen LogP contribution in [-0.2, 0) is 21.9 Å². The number of carbonyl (C=O) groups excluding carboxylic acids is 1. The van der Waals surface area contributed by atoms with Crippen LogP contribution in [-0.4, -0.2) is 12.0 Å². The van der Waals surface area contributed by atoms with Crippen molar-refractivity contribution in [2.75, 3.05) is 0 Å². The van der Waals surface area contributed by atoms with Crippen LogP contribution < -0.4 is 5.11 Å². The number of ketones is 1. The van der Waals surface area contributed by atoms with Crippen molar-refractivity contribution in [1.82, 2.24) is 0 Å². The van der Waals surface area contributed by atoms with Gasteiger partial charge in [0.25, 0.3) is 0 Å². The molecule has 0 saturated carbocycles. The normalized spacial score (nSPS) is 12.2. The smallest absolute Gasteiger partial charge is 0.869 e. The average molecular weight is 217 g/mol. The quantitative estimate of drug-likeness (QED) is 0.361. The van der Waals surface area contributed by atoms with E-state index < -0.39 is 17.7 Å². The SMILES string of the molecule is CC(=O)/C=C(\[O-])C(F)(F)F.[Cu+2]. The molecule has 1 radical (unpaired) electrons. The molecule has 0 aliphatic heterocycles. The van der Waals surface area contributed by atoms with Crippen LogP contribution in [0.1, 0.15) is 6.92 Å². The van der Waals surface area contributed by atoms with Gasteiger partial charge in [0, 0.05) is 0 Å². The summed E-state index contributed by atoms with van der Waals surface area (Å²) in [4.78, 5) is 9.92. The second-order valence-electron chi connectivity index (χ2n) is 1.62. The third-order valence-electron chi connectivity index (χ3n) is 0.614. The minimum Gasteiger partial charge on any atom is -0.869 e. The van der Waals surface area contributed by atoms with Crippen molar-refractivity contribution < 1.29 is 40.1 Å². The zero-order chi connectivity index (χ0) is 8.36. The van der Waals surface area contributed by atoms with Gasteiger partial charge in [0.05, 0.1) is 0 Å². The fourth-order valence-electron chi connectivity index (χ4n) is 0.266. The monoisotopic (exact) mass is 216 g/mol. The Morgan fingerprint density at radius 2 is 1.82 bits per heavy atom. The second kappa shape index (κ2) is 4.41. The summed E-state index contributed by atoms with van der Waals surface area (Å²) in [5.41, 5.74) is 0. The van der Waals surface area contributed by atoms with Gasteiger partial charge in [0.1, 0.15) is 0 Å². The summed E-state index contributed by atoms with van der Waals surface area (Å²) >= 11 is 0. The van der Waals surface area contributed by atoms with E-state index in [4.69, 9.17) is 0 Å². The summed E-state index contributed by atoms with van der Waals surface area (Å²) in [6, 6.07) is 0. The molecule has 0 bridgehead atoms.